The lowest BCUT2D eigenvalue weighted by molar-refractivity contribution is 0.636. The molecule has 0 atom stereocenters. The lowest BCUT2D eigenvalue weighted by Gasteiger charge is -2.15. The molecule has 0 spiro atoms. The van der Waals surface area contributed by atoms with Gasteiger partial charge in [-0.2, -0.15) is 0 Å². The van der Waals surface area contributed by atoms with Gasteiger partial charge in [0.05, 0.1) is 0 Å². The van der Waals surface area contributed by atoms with Crippen molar-refractivity contribution in [2.24, 2.45) is 0 Å². The first kappa shape index (κ1) is 11.8. The second-order valence-electron chi connectivity index (χ2n) is 4.24. The molecule has 1 heterocycles. The van der Waals surface area contributed by atoms with Gasteiger partial charge >= 0.3 is 0 Å². The molecule has 2 aromatic rings. The Morgan fingerprint density at radius 2 is 2.00 bits per heavy atom. The Balaban J connectivity index is 2.98. The highest BCUT2D eigenvalue weighted by atomic mass is 19.1. The normalized spacial score (nSPS) is 10.9. The van der Waals surface area contributed by atoms with E-state index in [0.29, 0.717) is 5.52 Å². The fourth-order valence-electron chi connectivity index (χ4n) is 2.37. The topological polar surface area (TPSA) is 24.9 Å². The van der Waals surface area contributed by atoms with Gasteiger partial charge in [0.2, 0.25) is 0 Å². The molecule has 0 saturated heterocycles. The van der Waals surface area contributed by atoms with E-state index in [9.17, 15) is 4.39 Å². The van der Waals surface area contributed by atoms with E-state index in [1.54, 1.807) is 6.07 Å². The number of fused-ring (bicyclic) bond motifs is 1. The molecule has 1 aromatic heterocycles. The predicted octanol–water partition coefficient (Wildman–Crippen LogP) is 3.59. The van der Waals surface area contributed by atoms with Crippen LogP contribution in [-0.2, 0) is 6.42 Å². The maximum absolute atomic E-state index is 13.8. The third-order valence-electron chi connectivity index (χ3n) is 3.21. The second-order valence-corrected chi connectivity index (χ2v) is 4.24. The van der Waals surface area contributed by atoms with E-state index < -0.39 is 0 Å². The summed E-state index contributed by atoms with van der Waals surface area (Å²) in [6, 6.07) is 3.28. The molecule has 0 fully saturated rings. The van der Waals surface area contributed by atoms with Crippen molar-refractivity contribution < 1.29 is 4.39 Å². The summed E-state index contributed by atoms with van der Waals surface area (Å²) in [7, 11) is 1.87. The van der Waals surface area contributed by atoms with Crippen LogP contribution < -0.4 is 5.32 Å². The molecule has 2 nitrogen and oxygen atoms in total. The fourth-order valence-corrected chi connectivity index (χ4v) is 2.37. The van der Waals surface area contributed by atoms with Gasteiger partial charge < -0.3 is 5.32 Å². The lowest BCUT2D eigenvalue weighted by Crippen LogP contribution is -2.03. The van der Waals surface area contributed by atoms with E-state index in [2.05, 4.69) is 17.2 Å². The van der Waals surface area contributed by atoms with E-state index in [1.165, 1.54) is 6.07 Å². The average Bonchev–Trinajstić information content (AvgIpc) is 2.32. The van der Waals surface area contributed by atoms with E-state index in [-0.39, 0.29) is 5.82 Å². The molecule has 0 amide bonds. The molecule has 90 valence electrons. The number of rotatable bonds is 2. The number of halogens is 1. The summed E-state index contributed by atoms with van der Waals surface area (Å²) < 4.78 is 13.8. The standard InChI is InChI=1S/C14H17FN2/c1-5-10-9(3)17-14-11(15)7-6-8(2)12(14)13(10)16-4/h6-7H,5H2,1-4H3,(H,16,17). The fraction of sp³-hybridized carbons (Fsp3) is 0.357. The van der Waals surface area contributed by atoms with Crippen molar-refractivity contribution in [3.8, 4) is 0 Å². The summed E-state index contributed by atoms with van der Waals surface area (Å²) >= 11 is 0. The van der Waals surface area contributed by atoms with Crippen LogP contribution in [0.2, 0.25) is 0 Å². The van der Waals surface area contributed by atoms with Crippen LogP contribution in [-0.4, -0.2) is 12.0 Å². The highest BCUT2D eigenvalue weighted by molar-refractivity contribution is 5.96. The largest absolute Gasteiger partial charge is 0.387 e. The Hall–Kier alpha value is -1.64. The summed E-state index contributed by atoms with van der Waals surface area (Å²) in [5, 5.41) is 4.09. The highest BCUT2D eigenvalue weighted by Gasteiger charge is 2.14. The quantitative estimate of drug-likeness (QED) is 0.855. The van der Waals surface area contributed by atoms with Gasteiger partial charge in [-0.25, -0.2) is 9.37 Å². The third-order valence-corrected chi connectivity index (χ3v) is 3.21. The summed E-state index contributed by atoms with van der Waals surface area (Å²) in [6.45, 7) is 6.01. The van der Waals surface area contributed by atoms with Crippen LogP contribution in [0.1, 0.15) is 23.7 Å². The van der Waals surface area contributed by atoms with Gasteiger partial charge in [-0.3, -0.25) is 0 Å². The zero-order valence-corrected chi connectivity index (χ0v) is 10.7. The zero-order chi connectivity index (χ0) is 12.6. The molecule has 0 radical (unpaired) electrons. The lowest BCUT2D eigenvalue weighted by atomic mass is 10.0. The van der Waals surface area contributed by atoms with Crippen LogP contribution in [0.4, 0.5) is 10.1 Å². The first-order chi connectivity index (χ1) is 8.10. The van der Waals surface area contributed by atoms with E-state index >= 15 is 0 Å². The molecule has 2 rings (SSSR count). The Morgan fingerprint density at radius 1 is 1.29 bits per heavy atom. The molecule has 0 aliphatic carbocycles. The van der Waals surface area contributed by atoms with Crippen LogP contribution in [0.5, 0.6) is 0 Å². The number of anilines is 1. The number of nitrogens with one attached hydrogen (secondary N) is 1. The second kappa shape index (κ2) is 4.32. The van der Waals surface area contributed by atoms with Gasteiger partial charge in [0.15, 0.2) is 0 Å². The molecule has 0 saturated carbocycles. The molecule has 0 unspecified atom stereocenters. The minimum absolute atomic E-state index is 0.257. The molecular weight excluding hydrogens is 215 g/mol. The van der Waals surface area contributed by atoms with Crippen molar-refractivity contribution in [1.29, 1.82) is 0 Å². The van der Waals surface area contributed by atoms with Gasteiger partial charge in [0.25, 0.3) is 0 Å². The summed E-state index contributed by atoms with van der Waals surface area (Å²) in [6.07, 6.45) is 0.890. The van der Waals surface area contributed by atoms with Crippen molar-refractivity contribution in [1.82, 2.24) is 4.98 Å². The van der Waals surface area contributed by atoms with Crippen LogP contribution in [0.25, 0.3) is 10.9 Å². The van der Waals surface area contributed by atoms with Crippen molar-refractivity contribution in [3.05, 3.63) is 34.8 Å². The number of pyridine rings is 1. The maximum Gasteiger partial charge on any atom is 0.149 e. The van der Waals surface area contributed by atoms with Crippen LogP contribution in [0.15, 0.2) is 12.1 Å². The van der Waals surface area contributed by atoms with E-state index in [4.69, 9.17) is 0 Å². The van der Waals surface area contributed by atoms with E-state index in [1.807, 2.05) is 20.9 Å². The molecule has 1 aromatic carbocycles. The average molecular weight is 232 g/mol. The maximum atomic E-state index is 13.8. The predicted molar refractivity (Wildman–Crippen MR) is 70.1 cm³/mol. The van der Waals surface area contributed by atoms with Crippen LogP contribution >= 0.6 is 0 Å². The van der Waals surface area contributed by atoms with Crippen molar-refractivity contribution in [3.63, 3.8) is 0 Å². The van der Waals surface area contributed by atoms with Crippen molar-refractivity contribution in [2.45, 2.75) is 27.2 Å². The summed E-state index contributed by atoms with van der Waals surface area (Å²) in [5.41, 5.74) is 4.58. The first-order valence-corrected chi connectivity index (χ1v) is 5.86. The molecule has 17 heavy (non-hydrogen) atoms. The van der Waals surface area contributed by atoms with Gasteiger partial charge in [0.1, 0.15) is 11.3 Å². The van der Waals surface area contributed by atoms with E-state index in [0.717, 1.165) is 34.3 Å². The SMILES string of the molecule is CCc1c(C)nc2c(F)ccc(C)c2c1NC. The Bertz CT molecular complexity index is 576. The Morgan fingerprint density at radius 3 is 2.59 bits per heavy atom. The van der Waals surface area contributed by atoms with Gasteiger partial charge in [-0.1, -0.05) is 13.0 Å². The molecule has 0 aliphatic heterocycles. The van der Waals surface area contributed by atoms with Gasteiger partial charge in [-0.15, -0.1) is 0 Å². The minimum atomic E-state index is -0.257. The first-order valence-electron chi connectivity index (χ1n) is 5.86. The number of aromatic nitrogens is 1. The Kier molecular flexibility index (Phi) is 3.01. The summed E-state index contributed by atoms with van der Waals surface area (Å²) in [5.74, 6) is -0.257. The van der Waals surface area contributed by atoms with Crippen molar-refractivity contribution >= 4 is 16.6 Å². The van der Waals surface area contributed by atoms with Gasteiger partial charge in [0, 0.05) is 23.8 Å². The smallest absolute Gasteiger partial charge is 0.149 e. The third kappa shape index (κ3) is 1.75. The number of benzene rings is 1. The molecule has 3 heteroatoms. The number of aryl methyl sites for hydroxylation is 2. The van der Waals surface area contributed by atoms with Crippen LogP contribution in [0.3, 0.4) is 0 Å². The minimum Gasteiger partial charge on any atom is -0.387 e. The monoisotopic (exact) mass is 232 g/mol. The molecular formula is C14H17FN2. The van der Waals surface area contributed by atoms with Crippen LogP contribution in [0, 0.1) is 19.7 Å². The number of hydrogen-bond donors (Lipinski definition) is 1. The summed E-state index contributed by atoms with van der Waals surface area (Å²) in [4.78, 5) is 4.40. The zero-order valence-electron chi connectivity index (χ0n) is 10.7. The van der Waals surface area contributed by atoms with Crippen molar-refractivity contribution in [2.75, 3.05) is 12.4 Å². The highest BCUT2D eigenvalue weighted by Crippen LogP contribution is 2.32. The number of nitrogens with zero attached hydrogens (tertiary/aromatic N) is 1. The molecule has 0 bridgehead atoms. The molecule has 1 N–H and O–H groups in total. The number of hydrogen-bond acceptors (Lipinski definition) is 2. The Labute approximate surface area is 101 Å². The molecule has 0 aliphatic rings. The van der Waals surface area contributed by atoms with Gasteiger partial charge in [-0.05, 0) is 37.5 Å².